The van der Waals surface area contributed by atoms with Crippen molar-refractivity contribution in [2.75, 3.05) is 13.1 Å². The molecule has 2 aromatic heterocycles. The first-order valence-electron chi connectivity index (χ1n) is 13.4. The van der Waals surface area contributed by atoms with E-state index in [2.05, 4.69) is 56.5 Å². The predicted octanol–water partition coefficient (Wildman–Crippen LogP) is 5.91. The second-order valence-corrected chi connectivity index (χ2v) is 12.4. The molecule has 0 bridgehead atoms. The summed E-state index contributed by atoms with van der Waals surface area (Å²) >= 11 is 0. The number of rotatable bonds is 5. The Morgan fingerprint density at radius 1 is 0.833 bits per heavy atom. The lowest BCUT2D eigenvalue weighted by Crippen LogP contribution is -2.32. The van der Waals surface area contributed by atoms with Gasteiger partial charge in [0.15, 0.2) is 5.65 Å². The fourth-order valence-electron chi connectivity index (χ4n) is 6.05. The van der Waals surface area contributed by atoms with Gasteiger partial charge in [-0.3, -0.25) is 9.31 Å². The Balaban J connectivity index is 1.16. The van der Waals surface area contributed by atoms with Crippen molar-refractivity contribution in [1.29, 1.82) is 0 Å². The summed E-state index contributed by atoms with van der Waals surface area (Å²) in [5.74, 6) is 0. The lowest BCUT2D eigenvalue weighted by molar-refractivity contribution is 0.222. The molecular weight excluding hydrogens is 464 g/mol. The van der Waals surface area contributed by atoms with Gasteiger partial charge in [0, 0.05) is 38.9 Å². The quantitative estimate of drug-likeness (QED) is 0.349. The monoisotopic (exact) mass is 496 g/mol. The number of fused-ring (bicyclic) bond motifs is 2. The van der Waals surface area contributed by atoms with Crippen LogP contribution in [0.15, 0.2) is 59.6 Å². The summed E-state index contributed by atoms with van der Waals surface area (Å²) in [6, 6.07) is 18.0. The van der Waals surface area contributed by atoms with Crippen molar-refractivity contribution in [3.05, 3.63) is 65.9 Å². The van der Waals surface area contributed by atoms with Gasteiger partial charge in [-0.1, -0.05) is 30.3 Å². The minimum atomic E-state index is -0.882. The van der Waals surface area contributed by atoms with E-state index in [0.717, 1.165) is 58.1 Å². The van der Waals surface area contributed by atoms with Crippen LogP contribution in [-0.4, -0.2) is 48.7 Å². The third kappa shape index (κ3) is 4.20. The average molecular weight is 497 g/mol. The maximum Gasteiger partial charge on any atom is 0.181 e. The van der Waals surface area contributed by atoms with Crippen LogP contribution >= 0.6 is 0 Å². The molecule has 5 nitrogen and oxygen atoms in total. The van der Waals surface area contributed by atoms with Gasteiger partial charge in [0.05, 0.1) is 16.5 Å². The predicted molar refractivity (Wildman–Crippen MR) is 145 cm³/mol. The van der Waals surface area contributed by atoms with E-state index < -0.39 is 10.8 Å². The summed E-state index contributed by atoms with van der Waals surface area (Å²) in [6.45, 7) is 2.57. The lowest BCUT2D eigenvalue weighted by Gasteiger charge is -2.25. The molecule has 2 unspecified atom stereocenters. The zero-order valence-electron chi connectivity index (χ0n) is 20.6. The molecular formula is C30H32N4OS. The minimum absolute atomic E-state index is 0.350. The summed E-state index contributed by atoms with van der Waals surface area (Å²) in [5.41, 5.74) is 8.10. The second kappa shape index (κ2) is 9.24. The molecule has 2 fully saturated rings. The van der Waals surface area contributed by atoms with Crippen LogP contribution in [0.1, 0.15) is 49.7 Å². The Morgan fingerprint density at radius 2 is 1.58 bits per heavy atom. The van der Waals surface area contributed by atoms with E-state index in [0.29, 0.717) is 5.25 Å². The van der Waals surface area contributed by atoms with Gasteiger partial charge in [-0.25, -0.2) is 4.98 Å². The summed E-state index contributed by atoms with van der Waals surface area (Å²) < 4.78 is 12.5. The highest BCUT2D eigenvalue weighted by atomic mass is 32.2. The van der Waals surface area contributed by atoms with Gasteiger partial charge in [0.1, 0.15) is 0 Å². The van der Waals surface area contributed by atoms with E-state index in [1.54, 1.807) is 0 Å². The number of H-pyrrole nitrogens is 1. The highest BCUT2D eigenvalue weighted by Crippen LogP contribution is 2.34. The van der Waals surface area contributed by atoms with E-state index in [4.69, 9.17) is 0 Å². The number of pyridine rings is 1. The van der Waals surface area contributed by atoms with Gasteiger partial charge in [0.25, 0.3) is 0 Å². The number of nitrogens with one attached hydrogen (secondary N) is 1. The SMILES string of the molecule is O=S(c1ccc(-c2[nH]nc3ncc(-c4ccc5c(c4)CCC(N4CCCC4)CC5)cc23)cc1)C1CC1. The molecule has 7 rings (SSSR count). The molecule has 3 aliphatic rings. The van der Waals surface area contributed by atoms with Gasteiger partial charge in [-0.05, 0) is 99.3 Å². The normalized spacial score (nSPS) is 21.4. The van der Waals surface area contributed by atoms with Crippen LogP contribution in [-0.2, 0) is 23.6 Å². The topological polar surface area (TPSA) is 61.9 Å². The molecule has 3 heterocycles. The first-order valence-corrected chi connectivity index (χ1v) is 14.7. The molecule has 2 atom stereocenters. The summed E-state index contributed by atoms with van der Waals surface area (Å²) in [6.07, 6.45) is 11.7. The molecule has 1 N–H and O–H groups in total. The zero-order valence-corrected chi connectivity index (χ0v) is 21.4. The Labute approximate surface area is 214 Å². The highest BCUT2D eigenvalue weighted by molar-refractivity contribution is 7.86. The molecule has 1 saturated carbocycles. The smallest absolute Gasteiger partial charge is 0.181 e. The van der Waals surface area contributed by atoms with E-state index in [9.17, 15) is 4.21 Å². The molecule has 0 amide bonds. The Morgan fingerprint density at radius 3 is 2.36 bits per heavy atom. The third-order valence-corrected chi connectivity index (χ3v) is 10.1. The van der Waals surface area contributed by atoms with E-state index >= 15 is 0 Å². The molecule has 0 radical (unpaired) electrons. The van der Waals surface area contributed by atoms with Crippen molar-refractivity contribution in [2.45, 2.75) is 67.6 Å². The Bertz CT molecular complexity index is 1430. The van der Waals surface area contributed by atoms with Crippen molar-refractivity contribution < 1.29 is 4.21 Å². The summed E-state index contributed by atoms with van der Waals surface area (Å²) in [7, 11) is -0.882. The largest absolute Gasteiger partial charge is 0.300 e. The molecule has 1 saturated heterocycles. The number of aromatic amines is 1. The van der Waals surface area contributed by atoms with E-state index in [1.807, 2.05) is 18.3 Å². The molecule has 0 spiro atoms. The van der Waals surface area contributed by atoms with Crippen molar-refractivity contribution in [2.24, 2.45) is 0 Å². The molecule has 4 aromatic rings. The molecule has 2 aromatic carbocycles. The van der Waals surface area contributed by atoms with Crippen molar-refractivity contribution >= 4 is 21.8 Å². The standard InChI is InChI=1S/C30H32N4OS/c35-36(27-13-14-27)26-11-7-21(8-12-26)29-28-18-24(19-31-30(28)33-32-29)23-4-3-20-5-9-25(10-6-22(20)17-23)34-15-1-2-16-34/h3-4,7-8,11-12,17-19,25,27H,1-2,5-6,9-10,13-16H2,(H,31,32,33). The molecule has 36 heavy (non-hydrogen) atoms. The van der Waals surface area contributed by atoms with Crippen LogP contribution in [0.5, 0.6) is 0 Å². The van der Waals surface area contributed by atoms with Gasteiger partial charge in [0.2, 0.25) is 0 Å². The number of hydrogen-bond donors (Lipinski definition) is 1. The van der Waals surface area contributed by atoms with Gasteiger partial charge in [-0.15, -0.1) is 0 Å². The first kappa shape index (κ1) is 22.4. The van der Waals surface area contributed by atoms with Crippen molar-refractivity contribution in [3.63, 3.8) is 0 Å². The van der Waals surface area contributed by atoms with Crippen LogP contribution < -0.4 is 0 Å². The molecule has 2 aliphatic carbocycles. The second-order valence-electron chi connectivity index (χ2n) is 10.7. The number of likely N-dealkylation sites (tertiary alicyclic amines) is 1. The van der Waals surface area contributed by atoms with Gasteiger partial charge >= 0.3 is 0 Å². The Kier molecular flexibility index (Phi) is 5.74. The summed E-state index contributed by atoms with van der Waals surface area (Å²) in [5, 5.41) is 9.01. The summed E-state index contributed by atoms with van der Waals surface area (Å²) in [4.78, 5) is 8.32. The molecule has 6 heteroatoms. The van der Waals surface area contributed by atoms with Crippen molar-refractivity contribution in [3.8, 4) is 22.4 Å². The third-order valence-electron chi connectivity index (χ3n) is 8.30. The lowest BCUT2D eigenvalue weighted by atomic mass is 9.96. The van der Waals surface area contributed by atoms with Crippen LogP contribution in [0.2, 0.25) is 0 Å². The van der Waals surface area contributed by atoms with E-state index in [-0.39, 0.29) is 0 Å². The maximum absolute atomic E-state index is 12.5. The van der Waals surface area contributed by atoms with Gasteiger partial charge in [-0.2, -0.15) is 5.10 Å². The van der Waals surface area contributed by atoms with Crippen molar-refractivity contribution in [1.82, 2.24) is 20.1 Å². The van der Waals surface area contributed by atoms with E-state index in [1.165, 1.54) is 61.9 Å². The number of benzene rings is 2. The Hall–Kier alpha value is -2.83. The number of hydrogen-bond acceptors (Lipinski definition) is 4. The average Bonchev–Trinajstić information content (AvgIpc) is 3.54. The number of aryl methyl sites for hydroxylation is 2. The van der Waals surface area contributed by atoms with Crippen LogP contribution in [0.4, 0.5) is 0 Å². The fraction of sp³-hybridized carbons (Fsp3) is 0.400. The zero-order chi connectivity index (χ0) is 24.1. The fourth-order valence-corrected chi connectivity index (χ4v) is 7.40. The van der Waals surface area contributed by atoms with Crippen LogP contribution in [0.3, 0.4) is 0 Å². The first-order chi connectivity index (χ1) is 17.7. The molecule has 184 valence electrons. The number of aromatic nitrogens is 3. The van der Waals surface area contributed by atoms with Gasteiger partial charge < -0.3 is 4.90 Å². The van der Waals surface area contributed by atoms with Crippen LogP contribution in [0, 0.1) is 0 Å². The molecule has 1 aliphatic heterocycles. The highest BCUT2D eigenvalue weighted by Gasteiger charge is 2.29. The minimum Gasteiger partial charge on any atom is -0.300 e. The maximum atomic E-state index is 12.5. The number of nitrogens with zero attached hydrogens (tertiary/aromatic N) is 3. The van der Waals surface area contributed by atoms with Crippen LogP contribution in [0.25, 0.3) is 33.4 Å².